The van der Waals surface area contributed by atoms with Gasteiger partial charge >= 0.3 is 0 Å². The Hall–Kier alpha value is -1.07. The molecule has 0 aliphatic rings. The summed E-state index contributed by atoms with van der Waals surface area (Å²) in [5, 5.41) is 7.83. The molecule has 0 radical (unpaired) electrons. The number of hydrogen-bond donors (Lipinski definition) is 1. The van der Waals surface area contributed by atoms with Gasteiger partial charge in [0.15, 0.2) is 5.75 Å². The lowest BCUT2D eigenvalue weighted by atomic mass is 10.1. The summed E-state index contributed by atoms with van der Waals surface area (Å²) in [5.74, 6) is 0.869. The van der Waals surface area contributed by atoms with E-state index in [0.29, 0.717) is 0 Å². The van der Waals surface area contributed by atoms with E-state index in [1.807, 2.05) is 11.7 Å². The molecule has 5 nitrogen and oxygen atoms in total. The number of nitrogens with zero attached hydrogens (tertiary/aromatic N) is 3. The third-order valence-corrected chi connectivity index (χ3v) is 3.58. The Kier molecular flexibility index (Phi) is 6.87. The number of rotatable bonds is 9. The fourth-order valence-electron chi connectivity index (χ4n) is 2.41. The molecule has 1 aromatic rings. The molecule has 0 saturated heterocycles. The van der Waals surface area contributed by atoms with Crippen LogP contribution in [0.25, 0.3) is 0 Å². The van der Waals surface area contributed by atoms with Gasteiger partial charge in [0.2, 0.25) is 0 Å². The van der Waals surface area contributed by atoms with E-state index in [0.717, 1.165) is 44.0 Å². The minimum Gasteiger partial charge on any atom is -0.493 e. The Morgan fingerprint density at radius 2 is 2.05 bits per heavy atom. The lowest BCUT2D eigenvalue weighted by Gasteiger charge is -2.24. The number of hydrogen-bond acceptors (Lipinski definition) is 4. The largest absolute Gasteiger partial charge is 0.493 e. The third kappa shape index (κ3) is 4.21. The van der Waals surface area contributed by atoms with Gasteiger partial charge in [-0.1, -0.05) is 20.8 Å². The van der Waals surface area contributed by atoms with Crippen molar-refractivity contribution >= 4 is 0 Å². The smallest absolute Gasteiger partial charge is 0.161 e. The first-order valence-corrected chi connectivity index (χ1v) is 7.19. The second-order valence-electron chi connectivity index (χ2n) is 4.65. The zero-order chi connectivity index (χ0) is 14.3. The van der Waals surface area contributed by atoms with Crippen LogP contribution in [-0.4, -0.2) is 48.0 Å². The number of ether oxygens (including phenoxy) is 1. The topological polar surface area (TPSA) is 42.3 Å². The van der Waals surface area contributed by atoms with E-state index in [9.17, 15) is 0 Å². The molecule has 0 aliphatic heterocycles. The summed E-state index contributed by atoms with van der Waals surface area (Å²) in [7, 11) is 3.67. The van der Waals surface area contributed by atoms with Crippen LogP contribution >= 0.6 is 0 Å². The fraction of sp³-hybridized carbons (Fsp3) is 0.786. The Morgan fingerprint density at radius 1 is 1.37 bits per heavy atom. The zero-order valence-electron chi connectivity index (χ0n) is 12.9. The summed E-state index contributed by atoms with van der Waals surface area (Å²) in [6.07, 6.45) is 2.85. The molecule has 0 saturated carbocycles. The first-order chi connectivity index (χ1) is 9.17. The van der Waals surface area contributed by atoms with Gasteiger partial charge in [-0.05, 0) is 32.6 Å². The molecule has 0 aromatic carbocycles. The summed E-state index contributed by atoms with van der Waals surface area (Å²) in [5.41, 5.74) is 1.14. The Balaban J connectivity index is 2.78. The Morgan fingerprint density at radius 3 is 2.58 bits per heavy atom. The van der Waals surface area contributed by atoms with Crippen molar-refractivity contribution in [3.8, 4) is 5.75 Å². The summed E-state index contributed by atoms with van der Waals surface area (Å²) in [6, 6.07) is 0.285. The average Bonchev–Trinajstić information content (AvgIpc) is 2.79. The van der Waals surface area contributed by atoms with Crippen LogP contribution < -0.4 is 10.1 Å². The van der Waals surface area contributed by atoms with Crippen molar-refractivity contribution in [3.63, 3.8) is 0 Å². The van der Waals surface area contributed by atoms with Crippen LogP contribution in [0.4, 0.5) is 0 Å². The van der Waals surface area contributed by atoms with Crippen molar-refractivity contribution in [1.82, 2.24) is 20.0 Å². The molecule has 0 fully saturated rings. The van der Waals surface area contributed by atoms with Crippen LogP contribution in [0.15, 0.2) is 6.20 Å². The molecule has 0 amide bonds. The Bertz CT molecular complexity index is 360. The lowest BCUT2D eigenvalue weighted by Crippen LogP contribution is -2.30. The van der Waals surface area contributed by atoms with Gasteiger partial charge in [-0.2, -0.15) is 5.10 Å². The van der Waals surface area contributed by atoms with Crippen molar-refractivity contribution in [2.45, 2.75) is 33.2 Å². The molecular formula is C14H28N4O. The molecule has 5 heteroatoms. The van der Waals surface area contributed by atoms with Crippen LogP contribution in [0.2, 0.25) is 0 Å². The van der Waals surface area contributed by atoms with Crippen LogP contribution in [0.3, 0.4) is 0 Å². The second kappa shape index (κ2) is 8.17. The highest BCUT2D eigenvalue weighted by atomic mass is 16.5. The maximum Gasteiger partial charge on any atom is 0.161 e. The quantitative estimate of drug-likeness (QED) is 0.742. The molecule has 0 bridgehead atoms. The second-order valence-corrected chi connectivity index (χ2v) is 4.65. The van der Waals surface area contributed by atoms with E-state index in [1.54, 1.807) is 13.3 Å². The van der Waals surface area contributed by atoms with E-state index < -0.39 is 0 Å². The average molecular weight is 268 g/mol. The number of aromatic nitrogens is 2. The van der Waals surface area contributed by atoms with Crippen LogP contribution in [0.5, 0.6) is 5.75 Å². The maximum atomic E-state index is 5.42. The molecule has 1 rings (SSSR count). The first-order valence-electron chi connectivity index (χ1n) is 7.19. The molecular weight excluding hydrogens is 240 g/mol. The standard InChI is InChI=1S/C14H28N4O/c1-6-15-12(9-10-18(7-2)8-3)14-13(19-5)11-16-17(14)4/h11-12,15H,6-10H2,1-5H3. The highest BCUT2D eigenvalue weighted by Gasteiger charge is 2.20. The maximum absolute atomic E-state index is 5.42. The van der Waals surface area contributed by atoms with Gasteiger partial charge < -0.3 is 15.0 Å². The SMILES string of the molecule is CCNC(CCN(CC)CC)c1c(OC)cnn1C. The molecule has 1 aromatic heterocycles. The van der Waals surface area contributed by atoms with Crippen LogP contribution in [0.1, 0.15) is 38.9 Å². The van der Waals surface area contributed by atoms with Crippen molar-refractivity contribution in [2.24, 2.45) is 7.05 Å². The molecule has 0 aliphatic carbocycles. The van der Waals surface area contributed by atoms with E-state index >= 15 is 0 Å². The summed E-state index contributed by atoms with van der Waals surface area (Å²) >= 11 is 0. The Labute approximate surface area is 116 Å². The molecule has 0 spiro atoms. The minimum absolute atomic E-state index is 0.285. The van der Waals surface area contributed by atoms with E-state index in [1.165, 1.54) is 0 Å². The summed E-state index contributed by atoms with van der Waals surface area (Å²) < 4.78 is 7.33. The van der Waals surface area contributed by atoms with Gasteiger partial charge in [0, 0.05) is 7.05 Å². The number of nitrogens with one attached hydrogen (secondary N) is 1. The molecule has 110 valence electrons. The molecule has 1 atom stereocenters. The molecule has 1 unspecified atom stereocenters. The van der Waals surface area contributed by atoms with Gasteiger partial charge in [-0.15, -0.1) is 0 Å². The van der Waals surface area contributed by atoms with Crippen molar-refractivity contribution in [2.75, 3.05) is 33.3 Å². The zero-order valence-corrected chi connectivity index (χ0v) is 12.9. The van der Waals surface area contributed by atoms with Gasteiger partial charge in [0.05, 0.1) is 25.0 Å². The minimum atomic E-state index is 0.285. The third-order valence-electron chi connectivity index (χ3n) is 3.58. The van der Waals surface area contributed by atoms with Crippen molar-refractivity contribution < 1.29 is 4.74 Å². The summed E-state index contributed by atoms with van der Waals surface area (Å²) in [4.78, 5) is 2.44. The van der Waals surface area contributed by atoms with E-state index in [4.69, 9.17) is 4.74 Å². The van der Waals surface area contributed by atoms with Gasteiger partial charge in [0.25, 0.3) is 0 Å². The molecule has 1 heterocycles. The summed E-state index contributed by atoms with van der Waals surface area (Å²) in [6.45, 7) is 10.8. The fourth-order valence-corrected chi connectivity index (χ4v) is 2.41. The van der Waals surface area contributed by atoms with Crippen molar-refractivity contribution in [3.05, 3.63) is 11.9 Å². The van der Waals surface area contributed by atoms with Crippen LogP contribution in [0, 0.1) is 0 Å². The first kappa shape index (κ1) is 16.0. The highest BCUT2D eigenvalue weighted by Crippen LogP contribution is 2.26. The number of methoxy groups -OCH3 is 1. The molecule has 19 heavy (non-hydrogen) atoms. The van der Waals surface area contributed by atoms with E-state index in [2.05, 4.69) is 36.1 Å². The van der Waals surface area contributed by atoms with E-state index in [-0.39, 0.29) is 6.04 Å². The van der Waals surface area contributed by atoms with Crippen molar-refractivity contribution in [1.29, 1.82) is 0 Å². The van der Waals surface area contributed by atoms with Gasteiger partial charge in [0.1, 0.15) is 0 Å². The van der Waals surface area contributed by atoms with Gasteiger partial charge in [-0.25, -0.2) is 0 Å². The predicted octanol–water partition coefficient (Wildman–Crippen LogP) is 1.81. The highest BCUT2D eigenvalue weighted by molar-refractivity contribution is 5.28. The predicted molar refractivity (Wildman–Crippen MR) is 78.6 cm³/mol. The lowest BCUT2D eigenvalue weighted by molar-refractivity contribution is 0.277. The normalized spacial score (nSPS) is 12.9. The monoisotopic (exact) mass is 268 g/mol. The van der Waals surface area contributed by atoms with Crippen LogP contribution in [-0.2, 0) is 7.05 Å². The number of aryl methyl sites for hydroxylation is 1. The molecule has 1 N–H and O–H groups in total. The van der Waals surface area contributed by atoms with Gasteiger partial charge in [-0.3, -0.25) is 4.68 Å².